The van der Waals surface area contributed by atoms with Crippen molar-refractivity contribution in [3.8, 4) is 5.75 Å². The molecule has 0 saturated carbocycles. The van der Waals surface area contributed by atoms with Crippen molar-refractivity contribution >= 4 is 0 Å². The lowest BCUT2D eigenvalue weighted by atomic mass is 10.0. The van der Waals surface area contributed by atoms with Gasteiger partial charge in [-0.3, -0.25) is 0 Å². The van der Waals surface area contributed by atoms with Crippen molar-refractivity contribution in [1.82, 2.24) is 9.55 Å². The van der Waals surface area contributed by atoms with E-state index in [0.717, 1.165) is 30.7 Å². The Kier molecular flexibility index (Phi) is 4.98. The summed E-state index contributed by atoms with van der Waals surface area (Å²) in [6.45, 7) is 3.69. The molecule has 2 aromatic rings. The smallest absolute Gasteiger partial charge is 0.124 e. The van der Waals surface area contributed by atoms with Gasteiger partial charge >= 0.3 is 0 Å². The molecule has 1 aromatic heterocycles. The van der Waals surface area contributed by atoms with Crippen molar-refractivity contribution in [3.05, 3.63) is 48.5 Å². The van der Waals surface area contributed by atoms with Crippen LogP contribution in [0.2, 0.25) is 0 Å². The van der Waals surface area contributed by atoms with Crippen molar-refractivity contribution < 1.29 is 4.74 Å². The predicted molar refractivity (Wildman–Crippen MR) is 76.0 cm³/mol. The first kappa shape index (κ1) is 13.6. The highest BCUT2D eigenvalue weighted by molar-refractivity contribution is 5.35. The third kappa shape index (κ3) is 3.83. The number of hydrogen-bond acceptors (Lipinski definition) is 3. The lowest BCUT2D eigenvalue weighted by Crippen LogP contribution is -2.11. The Hall–Kier alpha value is -1.81. The molecule has 1 atom stereocenters. The zero-order valence-electron chi connectivity index (χ0n) is 11.3. The van der Waals surface area contributed by atoms with Crippen LogP contribution in [-0.4, -0.2) is 16.2 Å². The second-order valence-electron chi connectivity index (χ2n) is 4.56. The minimum absolute atomic E-state index is 0.0462. The fourth-order valence-corrected chi connectivity index (χ4v) is 1.99. The Morgan fingerprint density at radius 2 is 2.21 bits per heavy atom. The molecule has 102 valence electrons. The van der Waals surface area contributed by atoms with Crippen molar-refractivity contribution in [1.29, 1.82) is 0 Å². The first-order valence-electron chi connectivity index (χ1n) is 6.74. The highest BCUT2D eigenvalue weighted by atomic mass is 16.5. The van der Waals surface area contributed by atoms with Gasteiger partial charge in [-0.05, 0) is 18.9 Å². The van der Waals surface area contributed by atoms with E-state index in [2.05, 4.69) is 11.9 Å². The van der Waals surface area contributed by atoms with Gasteiger partial charge in [0, 0.05) is 30.5 Å². The summed E-state index contributed by atoms with van der Waals surface area (Å²) >= 11 is 0. The molecule has 1 heterocycles. The van der Waals surface area contributed by atoms with Crippen LogP contribution in [0.3, 0.4) is 0 Å². The van der Waals surface area contributed by atoms with E-state index in [9.17, 15) is 0 Å². The molecule has 0 fully saturated rings. The van der Waals surface area contributed by atoms with Crippen molar-refractivity contribution in [2.75, 3.05) is 6.61 Å². The molecule has 0 aliphatic carbocycles. The Balaban J connectivity index is 1.85. The van der Waals surface area contributed by atoms with E-state index in [-0.39, 0.29) is 6.04 Å². The molecular weight excluding hydrogens is 238 g/mol. The van der Waals surface area contributed by atoms with Crippen LogP contribution in [0.1, 0.15) is 31.4 Å². The highest BCUT2D eigenvalue weighted by Crippen LogP contribution is 2.25. The number of aromatic nitrogens is 2. The van der Waals surface area contributed by atoms with Gasteiger partial charge in [0.05, 0.1) is 12.9 Å². The standard InChI is InChI=1S/C15H21N3O/c1-2-14(16)13-6-3-4-7-15(13)19-11-5-9-18-10-8-17-12-18/h3-4,6-8,10,12,14H,2,5,9,11,16H2,1H3. The quantitative estimate of drug-likeness (QED) is 0.778. The monoisotopic (exact) mass is 259 g/mol. The topological polar surface area (TPSA) is 53.1 Å². The van der Waals surface area contributed by atoms with Crippen LogP contribution in [0, 0.1) is 0 Å². The average Bonchev–Trinajstić information content (AvgIpc) is 2.96. The Labute approximate surface area is 114 Å². The number of para-hydroxylation sites is 1. The maximum Gasteiger partial charge on any atom is 0.124 e. The third-order valence-electron chi connectivity index (χ3n) is 3.14. The minimum atomic E-state index is 0.0462. The molecule has 2 rings (SSSR count). The average molecular weight is 259 g/mol. The van der Waals surface area contributed by atoms with Gasteiger partial charge < -0.3 is 15.0 Å². The molecule has 0 radical (unpaired) electrons. The van der Waals surface area contributed by atoms with Crippen LogP contribution in [-0.2, 0) is 6.54 Å². The Morgan fingerprint density at radius 1 is 1.37 bits per heavy atom. The third-order valence-corrected chi connectivity index (χ3v) is 3.14. The molecule has 0 aliphatic heterocycles. The van der Waals surface area contributed by atoms with Gasteiger partial charge in [0.2, 0.25) is 0 Å². The largest absolute Gasteiger partial charge is 0.493 e. The van der Waals surface area contributed by atoms with Crippen LogP contribution >= 0.6 is 0 Å². The maximum atomic E-state index is 6.08. The minimum Gasteiger partial charge on any atom is -0.493 e. The van der Waals surface area contributed by atoms with Crippen molar-refractivity contribution in [3.63, 3.8) is 0 Å². The highest BCUT2D eigenvalue weighted by Gasteiger charge is 2.09. The summed E-state index contributed by atoms with van der Waals surface area (Å²) in [6.07, 6.45) is 7.43. The van der Waals surface area contributed by atoms with E-state index in [1.54, 1.807) is 6.20 Å². The fraction of sp³-hybridized carbons (Fsp3) is 0.400. The van der Waals surface area contributed by atoms with Gasteiger partial charge in [-0.2, -0.15) is 0 Å². The van der Waals surface area contributed by atoms with Gasteiger partial charge in [0.15, 0.2) is 0 Å². The number of nitrogens with two attached hydrogens (primary N) is 1. The number of ether oxygens (including phenoxy) is 1. The molecule has 2 N–H and O–H groups in total. The van der Waals surface area contributed by atoms with E-state index in [0.29, 0.717) is 6.61 Å². The molecular formula is C15H21N3O. The van der Waals surface area contributed by atoms with Crippen molar-refractivity contribution in [2.45, 2.75) is 32.4 Å². The van der Waals surface area contributed by atoms with Gasteiger partial charge in [-0.25, -0.2) is 4.98 Å². The summed E-state index contributed by atoms with van der Waals surface area (Å²) in [5.74, 6) is 0.905. The van der Waals surface area contributed by atoms with Gasteiger partial charge in [-0.15, -0.1) is 0 Å². The zero-order valence-corrected chi connectivity index (χ0v) is 11.3. The first-order valence-corrected chi connectivity index (χ1v) is 6.74. The maximum absolute atomic E-state index is 6.08. The number of aryl methyl sites for hydroxylation is 1. The number of benzene rings is 1. The molecule has 0 bridgehead atoms. The van der Waals surface area contributed by atoms with Crippen LogP contribution in [0.25, 0.3) is 0 Å². The molecule has 0 spiro atoms. The molecule has 4 nitrogen and oxygen atoms in total. The fourth-order valence-electron chi connectivity index (χ4n) is 1.99. The summed E-state index contributed by atoms with van der Waals surface area (Å²) in [5.41, 5.74) is 7.17. The molecule has 19 heavy (non-hydrogen) atoms. The lowest BCUT2D eigenvalue weighted by Gasteiger charge is -2.15. The number of imidazole rings is 1. The second-order valence-corrected chi connectivity index (χ2v) is 4.56. The summed E-state index contributed by atoms with van der Waals surface area (Å²) < 4.78 is 7.89. The van der Waals surface area contributed by atoms with Gasteiger partial charge in [0.1, 0.15) is 5.75 Å². The van der Waals surface area contributed by atoms with Crippen LogP contribution < -0.4 is 10.5 Å². The van der Waals surface area contributed by atoms with E-state index < -0.39 is 0 Å². The molecule has 4 heteroatoms. The van der Waals surface area contributed by atoms with Crippen LogP contribution in [0.15, 0.2) is 43.0 Å². The number of rotatable bonds is 7. The van der Waals surface area contributed by atoms with Crippen LogP contribution in [0.4, 0.5) is 0 Å². The van der Waals surface area contributed by atoms with E-state index >= 15 is 0 Å². The summed E-state index contributed by atoms with van der Waals surface area (Å²) in [6, 6.07) is 8.06. The lowest BCUT2D eigenvalue weighted by molar-refractivity contribution is 0.297. The normalized spacial score (nSPS) is 12.3. The molecule has 0 aliphatic rings. The summed E-state index contributed by atoms with van der Waals surface area (Å²) in [5, 5.41) is 0. The Morgan fingerprint density at radius 3 is 2.95 bits per heavy atom. The SMILES string of the molecule is CCC(N)c1ccccc1OCCCn1ccnc1. The van der Waals surface area contributed by atoms with E-state index in [1.807, 2.05) is 41.4 Å². The van der Waals surface area contributed by atoms with Crippen LogP contribution in [0.5, 0.6) is 5.75 Å². The number of hydrogen-bond donors (Lipinski definition) is 1. The van der Waals surface area contributed by atoms with E-state index in [4.69, 9.17) is 10.5 Å². The molecule has 0 amide bonds. The molecule has 1 unspecified atom stereocenters. The number of nitrogens with zero attached hydrogens (tertiary/aromatic N) is 2. The second kappa shape index (κ2) is 6.95. The van der Waals surface area contributed by atoms with Gasteiger partial charge in [0.25, 0.3) is 0 Å². The first-order chi connectivity index (χ1) is 9.31. The molecule has 0 saturated heterocycles. The summed E-state index contributed by atoms with van der Waals surface area (Å²) in [7, 11) is 0. The van der Waals surface area contributed by atoms with Gasteiger partial charge in [-0.1, -0.05) is 25.1 Å². The molecule has 1 aromatic carbocycles. The zero-order chi connectivity index (χ0) is 13.5. The van der Waals surface area contributed by atoms with Crippen molar-refractivity contribution in [2.24, 2.45) is 5.73 Å². The predicted octanol–water partition coefficient (Wildman–Crippen LogP) is 2.76. The Bertz CT molecular complexity index is 482. The summed E-state index contributed by atoms with van der Waals surface area (Å²) in [4.78, 5) is 4.01. The van der Waals surface area contributed by atoms with E-state index in [1.165, 1.54) is 0 Å².